The molecule has 0 amide bonds. The third-order valence-electron chi connectivity index (χ3n) is 7.15. The van der Waals surface area contributed by atoms with Crippen molar-refractivity contribution < 1.29 is 17.9 Å². The first kappa shape index (κ1) is 25.8. The lowest BCUT2D eigenvalue weighted by molar-refractivity contribution is -0.137. The van der Waals surface area contributed by atoms with Gasteiger partial charge >= 0.3 is 6.18 Å². The predicted octanol–water partition coefficient (Wildman–Crippen LogP) is 5.86. The van der Waals surface area contributed by atoms with Gasteiger partial charge < -0.3 is 9.64 Å². The maximum absolute atomic E-state index is 13.1. The van der Waals surface area contributed by atoms with Gasteiger partial charge in [0.25, 0.3) is 0 Å². The van der Waals surface area contributed by atoms with E-state index in [1.807, 2.05) is 47.3 Å². The van der Waals surface area contributed by atoms with Crippen LogP contribution in [0.3, 0.4) is 0 Å². The fourth-order valence-corrected chi connectivity index (χ4v) is 5.08. The Morgan fingerprint density at radius 2 is 1.82 bits per heavy atom. The first-order chi connectivity index (χ1) is 18.2. The smallest absolute Gasteiger partial charge is 0.381 e. The number of alkyl halides is 3. The number of hydrogen-bond donors (Lipinski definition) is 2. The van der Waals surface area contributed by atoms with Crippen molar-refractivity contribution in [2.75, 3.05) is 24.7 Å². The van der Waals surface area contributed by atoms with Crippen LogP contribution in [0.5, 0.6) is 0 Å². The second-order valence-corrected chi connectivity index (χ2v) is 9.68. The number of fused-ring (bicyclic) bond motifs is 1. The highest BCUT2D eigenvalue weighted by molar-refractivity contribution is 6.10. The quantitative estimate of drug-likeness (QED) is 0.382. The summed E-state index contributed by atoms with van der Waals surface area (Å²) < 4.78 is 44.8. The normalized spacial score (nSPS) is 19.7. The average Bonchev–Trinajstić information content (AvgIpc) is 3.26. The molecule has 0 spiro atoms. The molecule has 2 aromatic carbocycles. The van der Waals surface area contributed by atoms with E-state index in [9.17, 15) is 23.8 Å². The van der Waals surface area contributed by atoms with E-state index in [-0.39, 0.29) is 6.04 Å². The average molecular weight is 520 g/mol. The molecule has 1 atom stereocenters. The third kappa shape index (κ3) is 5.23. The van der Waals surface area contributed by atoms with Crippen LogP contribution < -0.4 is 10.3 Å². The van der Waals surface area contributed by atoms with Crippen LogP contribution in [-0.2, 0) is 10.9 Å². The third-order valence-corrected chi connectivity index (χ3v) is 7.15. The Bertz CT molecular complexity index is 1330. The van der Waals surface area contributed by atoms with Crippen molar-refractivity contribution in [2.45, 2.75) is 32.0 Å². The lowest BCUT2D eigenvalue weighted by Crippen LogP contribution is -2.38. The van der Waals surface area contributed by atoms with Crippen LogP contribution in [0.4, 0.5) is 18.9 Å². The summed E-state index contributed by atoms with van der Waals surface area (Å²) in [5.74, 6) is 0.676. The molecule has 0 radical (unpaired) electrons. The number of benzene rings is 2. The van der Waals surface area contributed by atoms with E-state index in [4.69, 9.17) is 4.74 Å². The first-order valence-corrected chi connectivity index (χ1v) is 12.6. The summed E-state index contributed by atoms with van der Waals surface area (Å²) in [7, 11) is 0. The second kappa shape index (κ2) is 10.5. The van der Waals surface area contributed by atoms with E-state index in [0.29, 0.717) is 48.2 Å². The summed E-state index contributed by atoms with van der Waals surface area (Å²) in [6.45, 7) is 4.00. The lowest BCUT2D eigenvalue weighted by Gasteiger charge is -2.33. The van der Waals surface area contributed by atoms with Crippen LogP contribution in [0.15, 0.2) is 78.2 Å². The zero-order valence-electron chi connectivity index (χ0n) is 20.9. The molecule has 5 rings (SSSR count). The maximum atomic E-state index is 13.1. The topological polar surface area (TPSA) is 75.4 Å². The maximum Gasteiger partial charge on any atom is 0.416 e. The van der Waals surface area contributed by atoms with Crippen molar-refractivity contribution >= 4 is 17.1 Å². The highest BCUT2D eigenvalue weighted by Gasteiger charge is 2.33. The Balaban J connectivity index is 1.49. The number of hydrazine groups is 1. The summed E-state index contributed by atoms with van der Waals surface area (Å²) in [6.07, 6.45) is 3.05. The first-order valence-electron chi connectivity index (χ1n) is 12.6. The number of allylic oxidation sites excluding steroid dienone is 1. The van der Waals surface area contributed by atoms with Crippen molar-refractivity contribution in [1.82, 2.24) is 10.4 Å². The number of rotatable bonds is 5. The van der Waals surface area contributed by atoms with Gasteiger partial charge in [-0.15, -0.1) is 0 Å². The summed E-state index contributed by atoms with van der Waals surface area (Å²) in [6, 6.07) is 14.4. The van der Waals surface area contributed by atoms with Gasteiger partial charge in [0.1, 0.15) is 5.84 Å². The molecule has 1 saturated heterocycles. The molecule has 3 aliphatic heterocycles. The number of nitriles is 1. The van der Waals surface area contributed by atoms with E-state index in [1.165, 1.54) is 12.1 Å². The number of halogens is 3. The van der Waals surface area contributed by atoms with E-state index >= 15 is 0 Å². The summed E-state index contributed by atoms with van der Waals surface area (Å²) in [4.78, 5) is 1.97. The number of amidine groups is 1. The van der Waals surface area contributed by atoms with Gasteiger partial charge in [-0.05, 0) is 79.8 Å². The molecule has 9 heteroatoms. The van der Waals surface area contributed by atoms with Gasteiger partial charge in [-0.2, -0.15) is 18.4 Å². The van der Waals surface area contributed by atoms with Crippen molar-refractivity contribution in [3.63, 3.8) is 0 Å². The SMILES string of the molecule is CC1NN2C=CC(C(=N)N(CC3CCOCC3)c3ccc(C#N)cc3)=CC2=C1c1ccc(C(F)(F)F)cc1. The van der Waals surface area contributed by atoms with Crippen LogP contribution in [0, 0.1) is 22.7 Å². The number of hydrogen-bond acceptors (Lipinski definition) is 5. The van der Waals surface area contributed by atoms with Gasteiger partial charge in [-0.1, -0.05) is 12.1 Å². The van der Waals surface area contributed by atoms with Gasteiger partial charge in [-0.3, -0.25) is 10.4 Å². The number of nitrogens with one attached hydrogen (secondary N) is 2. The minimum absolute atomic E-state index is 0.131. The number of nitrogens with zero attached hydrogens (tertiary/aromatic N) is 3. The molecule has 3 aliphatic rings. The van der Waals surface area contributed by atoms with Gasteiger partial charge in [0.2, 0.25) is 0 Å². The van der Waals surface area contributed by atoms with Crippen molar-refractivity contribution in [1.29, 1.82) is 10.7 Å². The van der Waals surface area contributed by atoms with Crippen molar-refractivity contribution in [3.05, 3.63) is 94.8 Å². The number of anilines is 1. The fourth-order valence-electron chi connectivity index (χ4n) is 5.08. The van der Waals surface area contributed by atoms with Crippen LogP contribution in [-0.4, -0.2) is 36.6 Å². The zero-order valence-corrected chi connectivity index (χ0v) is 20.9. The van der Waals surface area contributed by atoms with Crippen LogP contribution in [0.1, 0.15) is 36.5 Å². The Hall–Kier alpha value is -3.87. The molecule has 0 aliphatic carbocycles. The molecule has 0 aromatic heterocycles. The van der Waals surface area contributed by atoms with Crippen LogP contribution >= 0.6 is 0 Å². The molecule has 2 aromatic rings. The summed E-state index contributed by atoms with van der Waals surface area (Å²) in [5.41, 5.74) is 7.06. The van der Waals surface area contributed by atoms with Gasteiger partial charge in [-0.25, -0.2) is 5.43 Å². The van der Waals surface area contributed by atoms with E-state index in [2.05, 4.69) is 11.5 Å². The molecule has 2 N–H and O–H groups in total. The number of ether oxygens (including phenoxy) is 1. The van der Waals surface area contributed by atoms with Crippen LogP contribution in [0.2, 0.25) is 0 Å². The minimum Gasteiger partial charge on any atom is -0.381 e. The zero-order chi connectivity index (χ0) is 26.9. The largest absolute Gasteiger partial charge is 0.416 e. The second-order valence-electron chi connectivity index (χ2n) is 9.68. The molecule has 0 saturated carbocycles. The monoisotopic (exact) mass is 519 g/mol. The Morgan fingerprint density at radius 3 is 2.45 bits per heavy atom. The van der Waals surface area contributed by atoms with E-state index in [1.54, 1.807) is 12.1 Å². The molecule has 1 fully saturated rings. The summed E-state index contributed by atoms with van der Waals surface area (Å²) >= 11 is 0. The lowest BCUT2D eigenvalue weighted by atomic mass is 9.95. The van der Waals surface area contributed by atoms with Gasteiger partial charge in [0.05, 0.1) is 28.9 Å². The Labute approximate surface area is 219 Å². The molecule has 1 unspecified atom stereocenters. The Morgan fingerprint density at radius 1 is 1.13 bits per heavy atom. The minimum atomic E-state index is -4.39. The molecular weight excluding hydrogens is 491 g/mol. The van der Waals surface area contributed by atoms with Gasteiger partial charge in [0, 0.05) is 42.8 Å². The van der Waals surface area contributed by atoms with Gasteiger partial charge in [0.15, 0.2) is 0 Å². The van der Waals surface area contributed by atoms with E-state index < -0.39 is 11.7 Å². The molecule has 6 nitrogen and oxygen atoms in total. The fraction of sp³-hybridized carbons (Fsp3) is 0.310. The highest BCUT2D eigenvalue weighted by atomic mass is 19.4. The molecule has 0 bridgehead atoms. The molecule has 38 heavy (non-hydrogen) atoms. The predicted molar refractivity (Wildman–Crippen MR) is 140 cm³/mol. The standard InChI is InChI=1S/C29H28F3N5O/c1-19-27(22-4-6-24(7-5-22)29(30,31)32)26-16-23(10-13-37(26)35-19)28(34)36(18-21-11-14-38-15-12-21)25-8-2-20(17-33)3-9-25/h2-10,13,16,19,21,34-35H,11-12,14-15,18H2,1H3. The van der Waals surface area contributed by atoms with Crippen molar-refractivity contribution in [2.24, 2.45) is 5.92 Å². The molecular formula is C29H28F3N5O. The molecule has 3 heterocycles. The van der Waals surface area contributed by atoms with Crippen LogP contribution in [0.25, 0.3) is 5.57 Å². The van der Waals surface area contributed by atoms with Crippen molar-refractivity contribution in [3.8, 4) is 6.07 Å². The summed E-state index contributed by atoms with van der Waals surface area (Å²) in [5, 5.41) is 20.2. The molecule has 196 valence electrons. The Kier molecular flexibility index (Phi) is 7.11. The van der Waals surface area contributed by atoms with E-state index in [0.717, 1.165) is 41.9 Å². The highest BCUT2D eigenvalue weighted by Crippen LogP contribution is 2.36.